The van der Waals surface area contributed by atoms with E-state index in [1.165, 1.54) is 41.0 Å². The summed E-state index contributed by atoms with van der Waals surface area (Å²) in [6.07, 6.45) is 2.77. The maximum Gasteiger partial charge on any atom is 0.264 e. The third-order valence-electron chi connectivity index (χ3n) is 6.49. The first-order valence-corrected chi connectivity index (χ1v) is 12.8. The largest absolute Gasteiger partial charge is 0.506 e. The van der Waals surface area contributed by atoms with Crippen LogP contribution in [0.1, 0.15) is 17.3 Å². The Balaban J connectivity index is 1.50. The number of pyridine rings is 1. The van der Waals surface area contributed by atoms with E-state index in [4.69, 9.17) is 33.7 Å². The molecule has 2 amide bonds. The van der Waals surface area contributed by atoms with Crippen LogP contribution in [0.25, 0.3) is 22.3 Å². The molecule has 0 spiro atoms. The van der Waals surface area contributed by atoms with Crippen molar-refractivity contribution in [1.82, 2.24) is 24.3 Å². The van der Waals surface area contributed by atoms with Crippen LogP contribution in [0.5, 0.6) is 5.75 Å². The van der Waals surface area contributed by atoms with Crippen LogP contribution in [0.15, 0.2) is 35.5 Å². The molecular weight excluding hydrogens is 563 g/mol. The van der Waals surface area contributed by atoms with Gasteiger partial charge in [-0.25, -0.2) is 14.6 Å². The fourth-order valence-corrected chi connectivity index (χ4v) is 4.83. The summed E-state index contributed by atoms with van der Waals surface area (Å²) in [5.41, 5.74) is 5.50. The molecule has 0 aliphatic carbocycles. The molecule has 13 nitrogen and oxygen atoms in total. The van der Waals surface area contributed by atoms with Crippen LogP contribution in [0, 0.1) is 0 Å². The summed E-state index contributed by atoms with van der Waals surface area (Å²) >= 11 is 12.5. The van der Waals surface area contributed by atoms with Gasteiger partial charge in [0.05, 0.1) is 53.1 Å². The monoisotopic (exact) mass is 586 g/mol. The molecule has 0 unspecified atom stereocenters. The summed E-state index contributed by atoms with van der Waals surface area (Å²) in [6, 6.07) is 4.39. The fourth-order valence-electron chi connectivity index (χ4n) is 4.46. The number of hydrogen-bond donors (Lipinski definition) is 3. The van der Waals surface area contributed by atoms with Crippen molar-refractivity contribution in [3.8, 4) is 17.0 Å². The van der Waals surface area contributed by atoms with E-state index in [0.717, 1.165) is 0 Å². The molecule has 5 rings (SSSR count). The van der Waals surface area contributed by atoms with Crippen LogP contribution >= 0.6 is 23.2 Å². The molecule has 0 saturated carbocycles. The first-order valence-electron chi connectivity index (χ1n) is 12.1. The van der Waals surface area contributed by atoms with Gasteiger partial charge in [-0.1, -0.05) is 23.2 Å². The highest BCUT2D eigenvalue weighted by Crippen LogP contribution is 2.35. The summed E-state index contributed by atoms with van der Waals surface area (Å²) in [5, 5.41) is 17.5. The number of primary amides is 1. The molecule has 4 N–H and O–H groups in total. The third kappa shape index (κ3) is 5.06. The number of rotatable bonds is 6. The van der Waals surface area contributed by atoms with Crippen LogP contribution in [-0.2, 0) is 23.1 Å². The molecule has 0 bridgehead atoms. The number of anilines is 2. The summed E-state index contributed by atoms with van der Waals surface area (Å²) in [5.74, 6) is -1.27. The maximum atomic E-state index is 13.2. The molecule has 1 aliphatic rings. The van der Waals surface area contributed by atoms with Crippen molar-refractivity contribution in [2.24, 2.45) is 12.8 Å². The van der Waals surface area contributed by atoms with Gasteiger partial charge in [-0.15, -0.1) is 0 Å². The van der Waals surface area contributed by atoms with Crippen molar-refractivity contribution < 1.29 is 19.4 Å². The number of benzene rings is 1. The molecule has 1 aromatic carbocycles. The Kier molecular flexibility index (Phi) is 7.36. The minimum atomic E-state index is -0.921. The smallest absolute Gasteiger partial charge is 0.264 e. The molecule has 1 atom stereocenters. The number of carbonyl (C=O) groups is 2. The Morgan fingerprint density at radius 2 is 2.00 bits per heavy atom. The van der Waals surface area contributed by atoms with Crippen LogP contribution in [0.3, 0.4) is 0 Å². The summed E-state index contributed by atoms with van der Waals surface area (Å²) < 4.78 is 7.99. The van der Waals surface area contributed by atoms with Gasteiger partial charge in [-0.05, 0) is 19.1 Å². The van der Waals surface area contributed by atoms with Gasteiger partial charge in [0.15, 0.2) is 5.65 Å². The van der Waals surface area contributed by atoms with Crippen LogP contribution in [-0.4, -0.2) is 67.0 Å². The average Bonchev–Trinajstić information content (AvgIpc) is 3.27. The number of aromatic hydroxyl groups is 1. The number of carbonyl (C=O) groups excluding carboxylic acids is 2. The zero-order valence-corrected chi connectivity index (χ0v) is 22.9. The molecular formula is C25H24Cl2N8O5. The highest BCUT2D eigenvalue weighted by atomic mass is 35.5. The molecule has 3 aromatic heterocycles. The van der Waals surface area contributed by atoms with Gasteiger partial charge in [0.1, 0.15) is 29.2 Å². The molecule has 4 heterocycles. The summed E-state index contributed by atoms with van der Waals surface area (Å²) in [7, 11) is 1.51. The number of ether oxygens (including phenoxy) is 1. The average molecular weight is 587 g/mol. The van der Waals surface area contributed by atoms with E-state index in [1.54, 1.807) is 6.07 Å². The number of nitrogens with one attached hydrogen (secondary N) is 1. The lowest BCUT2D eigenvalue weighted by Crippen LogP contribution is -2.44. The Morgan fingerprint density at radius 1 is 1.23 bits per heavy atom. The van der Waals surface area contributed by atoms with E-state index < -0.39 is 23.1 Å². The lowest BCUT2D eigenvalue weighted by atomic mass is 10.0. The van der Waals surface area contributed by atoms with Gasteiger partial charge in [0.2, 0.25) is 5.91 Å². The second-order valence-electron chi connectivity index (χ2n) is 9.27. The zero-order chi connectivity index (χ0) is 28.7. The highest BCUT2D eigenvalue weighted by molar-refractivity contribution is 6.33. The van der Waals surface area contributed by atoms with Crippen LogP contribution < -0.4 is 21.5 Å². The second kappa shape index (κ2) is 10.8. The van der Waals surface area contributed by atoms with Crippen molar-refractivity contribution in [2.45, 2.75) is 19.5 Å². The summed E-state index contributed by atoms with van der Waals surface area (Å²) in [6.45, 7) is 3.45. The number of aromatic nitrogens is 5. The Bertz CT molecular complexity index is 1720. The molecule has 4 aromatic rings. The molecule has 1 saturated heterocycles. The minimum Gasteiger partial charge on any atom is -0.506 e. The maximum absolute atomic E-state index is 13.2. The highest BCUT2D eigenvalue weighted by Gasteiger charge is 2.24. The first-order chi connectivity index (χ1) is 19.0. The normalized spacial score (nSPS) is 15.4. The van der Waals surface area contributed by atoms with Gasteiger partial charge < -0.3 is 30.4 Å². The number of amides is 2. The number of nitrogens with two attached hydrogens (primary N) is 1. The zero-order valence-electron chi connectivity index (χ0n) is 21.4. The van der Waals surface area contributed by atoms with E-state index >= 15 is 0 Å². The second-order valence-corrected chi connectivity index (χ2v) is 10.1. The van der Waals surface area contributed by atoms with Crippen molar-refractivity contribution in [3.05, 3.63) is 56.7 Å². The van der Waals surface area contributed by atoms with E-state index in [2.05, 4.69) is 25.3 Å². The SMILES string of the molecule is C[C@H]1COCCN1c1cc(NC(=O)Cn2nc(-c3cc(Cl)c(O)c(C(N)=O)c3)c3c(=O)n(C)cnc32)c(Cl)cn1. The Hall–Kier alpha value is -4.20. The lowest BCUT2D eigenvalue weighted by Gasteiger charge is -2.34. The molecule has 1 aliphatic heterocycles. The number of fused-ring (bicyclic) bond motifs is 1. The van der Waals surface area contributed by atoms with Gasteiger partial charge in [-0.3, -0.25) is 14.4 Å². The van der Waals surface area contributed by atoms with E-state index in [9.17, 15) is 19.5 Å². The Labute approximate surface area is 237 Å². The number of halogens is 2. The number of nitrogens with zero attached hydrogens (tertiary/aromatic N) is 6. The quantitative estimate of drug-likeness (QED) is 0.306. The van der Waals surface area contributed by atoms with Gasteiger partial charge in [0, 0.05) is 25.2 Å². The lowest BCUT2D eigenvalue weighted by molar-refractivity contribution is -0.116. The van der Waals surface area contributed by atoms with Gasteiger partial charge >= 0.3 is 0 Å². The van der Waals surface area contributed by atoms with Crippen molar-refractivity contribution in [1.29, 1.82) is 0 Å². The van der Waals surface area contributed by atoms with E-state index in [1.807, 2.05) is 6.92 Å². The standard InChI is InChI=1S/C25H24Cl2N8O5/c1-12-10-40-4-3-34(12)18-7-17(16(27)8-29-18)31-19(36)9-35-24-20(25(39)33(2)11-30-24)21(32-35)13-5-14(23(28)38)22(37)15(26)6-13/h5-8,11-12,37H,3-4,9-10H2,1-2H3,(H2,28,38)(H,29,31,36)/t12-/m0/s1. The number of morpholine rings is 1. The first kappa shape index (κ1) is 27.4. The van der Waals surface area contributed by atoms with Crippen LogP contribution in [0.4, 0.5) is 11.5 Å². The topological polar surface area (TPSA) is 170 Å². The van der Waals surface area contributed by atoms with Crippen molar-refractivity contribution in [3.63, 3.8) is 0 Å². The van der Waals surface area contributed by atoms with Gasteiger partial charge in [-0.2, -0.15) is 5.10 Å². The van der Waals surface area contributed by atoms with Crippen LogP contribution in [0.2, 0.25) is 10.0 Å². The van der Waals surface area contributed by atoms with Gasteiger partial charge in [0.25, 0.3) is 11.5 Å². The van der Waals surface area contributed by atoms with Crippen molar-refractivity contribution in [2.75, 3.05) is 30.0 Å². The van der Waals surface area contributed by atoms with Crippen molar-refractivity contribution >= 4 is 57.6 Å². The Morgan fingerprint density at radius 3 is 2.73 bits per heavy atom. The number of phenols is 1. The molecule has 40 heavy (non-hydrogen) atoms. The number of aryl methyl sites for hydroxylation is 1. The molecule has 1 fully saturated rings. The van der Waals surface area contributed by atoms with E-state index in [-0.39, 0.29) is 50.5 Å². The number of hydrogen-bond acceptors (Lipinski definition) is 9. The third-order valence-corrected chi connectivity index (χ3v) is 7.07. The summed E-state index contributed by atoms with van der Waals surface area (Å²) in [4.78, 5) is 48.9. The predicted molar refractivity (Wildman–Crippen MR) is 149 cm³/mol. The molecule has 15 heteroatoms. The van der Waals surface area contributed by atoms with E-state index in [0.29, 0.717) is 31.3 Å². The molecule has 208 valence electrons. The fraction of sp³-hybridized carbons (Fsp3) is 0.280. The predicted octanol–water partition coefficient (Wildman–Crippen LogP) is 2.17. The molecule has 0 radical (unpaired) electrons. The minimum absolute atomic E-state index is 0.0838.